The zero-order valence-electron chi connectivity index (χ0n) is 14.2. The average Bonchev–Trinajstić information content (AvgIpc) is 2.26. The minimum absolute atomic E-state index is 0. The molecule has 0 aromatic rings. The summed E-state index contributed by atoms with van der Waals surface area (Å²) in [5.41, 5.74) is -0.101. The Hall–Kier alpha value is 1.41. The predicted molar refractivity (Wildman–Crippen MR) is 89.3 cm³/mol. The van der Waals surface area contributed by atoms with E-state index in [1.165, 1.54) is 0 Å². The van der Waals surface area contributed by atoms with Crippen LogP contribution in [0.5, 0.6) is 0 Å². The summed E-state index contributed by atoms with van der Waals surface area (Å²) in [6, 6.07) is 0. The van der Waals surface area contributed by atoms with Crippen LogP contribution < -0.4 is 0 Å². The number of aliphatic hydroxyl groups is 1. The van der Waals surface area contributed by atoms with Gasteiger partial charge in [0.05, 0.1) is 0 Å². The van der Waals surface area contributed by atoms with Gasteiger partial charge in [-0.25, -0.2) is 0 Å². The van der Waals surface area contributed by atoms with Crippen molar-refractivity contribution >= 4 is 12.6 Å². The molecule has 0 bridgehead atoms. The molecule has 0 saturated carbocycles. The summed E-state index contributed by atoms with van der Waals surface area (Å²) in [6.45, 7) is 19.8. The smallest absolute Gasteiger partial charge is 0.0455 e. The Morgan fingerprint density at radius 1 is 1.05 bits per heavy atom. The molecule has 4 atom stereocenters. The second-order valence-electron chi connectivity index (χ2n) is 7.24. The molecule has 0 aliphatic rings. The summed E-state index contributed by atoms with van der Waals surface area (Å²) in [5.74, 6) is 1.42. The molecule has 0 amide bonds. The molecular weight excluding hydrogens is 341 g/mol. The van der Waals surface area contributed by atoms with Gasteiger partial charge in [0.2, 0.25) is 0 Å². The Kier molecular flexibility index (Phi) is 12.1. The van der Waals surface area contributed by atoms with Crippen molar-refractivity contribution in [3.8, 4) is 0 Å². The van der Waals surface area contributed by atoms with Gasteiger partial charge >= 0.3 is 0 Å². The summed E-state index contributed by atoms with van der Waals surface area (Å²) in [7, 11) is 0. The third-order valence-corrected chi connectivity index (χ3v) is 4.89. The van der Waals surface area contributed by atoms with E-state index in [2.05, 4.69) is 48.5 Å². The maximum absolute atomic E-state index is 9.36. The third-order valence-electron chi connectivity index (χ3n) is 4.23. The third kappa shape index (κ3) is 7.61. The van der Waals surface area contributed by atoms with Crippen molar-refractivity contribution in [1.82, 2.24) is 0 Å². The zero-order chi connectivity index (χ0) is 15.3. The second-order valence-corrected chi connectivity index (χ2v) is 8.23. The van der Waals surface area contributed by atoms with Crippen molar-refractivity contribution in [2.24, 2.45) is 23.2 Å². The Balaban J connectivity index is 0. The molecule has 0 aromatic carbocycles. The fraction of sp³-hybridized carbons (Fsp3) is 0.882. The maximum Gasteiger partial charge on any atom is 0.0455 e. The van der Waals surface area contributed by atoms with Crippen LogP contribution >= 0.6 is 12.6 Å². The van der Waals surface area contributed by atoms with Crippen LogP contribution in [0.2, 0.25) is 0 Å². The van der Waals surface area contributed by atoms with Crippen LogP contribution in [-0.4, -0.2) is 16.5 Å². The molecule has 0 aliphatic heterocycles. The van der Waals surface area contributed by atoms with Crippen LogP contribution in [0.4, 0.5) is 0 Å². The van der Waals surface area contributed by atoms with E-state index in [9.17, 15) is 5.11 Å². The van der Waals surface area contributed by atoms with E-state index in [1.54, 1.807) is 0 Å². The molecule has 0 aliphatic carbocycles. The Labute approximate surface area is 158 Å². The number of thiol groups is 1. The van der Waals surface area contributed by atoms with Crippen molar-refractivity contribution in [1.29, 1.82) is 0 Å². The summed E-state index contributed by atoms with van der Waals surface area (Å²) < 4.78 is -0.127. The molecule has 4 unspecified atom stereocenters. The topological polar surface area (TPSA) is 20.2 Å². The minimum Gasteiger partial charge on any atom is -0.396 e. The van der Waals surface area contributed by atoms with Crippen molar-refractivity contribution in [2.75, 3.05) is 6.61 Å². The van der Waals surface area contributed by atoms with E-state index in [0.29, 0.717) is 11.8 Å². The maximum atomic E-state index is 9.36. The van der Waals surface area contributed by atoms with Gasteiger partial charge in [0.1, 0.15) is 0 Å². The number of hydrogen-bond donors (Lipinski definition) is 2. The monoisotopic (exact) mass is 375 g/mol. The Morgan fingerprint density at radius 2 is 1.55 bits per heavy atom. The molecule has 0 heterocycles. The van der Waals surface area contributed by atoms with Gasteiger partial charge in [0.25, 0.3) is 0 Å². The first-order chi connectivity index (χ1) is 8.58. The average molecular weight is 375 g/mol. The van der Waals surface area contributed by atoms with Gasteiger partial charge in [0, 0.05) is 39.3 Å². The SMILES string of the molecule is [CH2-]CC(C)CC(C)(S)C([CH2-])(CC(C)C)CC(C)CO.[Y]. The molecule has 1 nitrogen and oxygen atoms in total. The van der Waals surface area contributed by atoms with E-state index in [0.717, 1.165) is 25.7 Å². The first kappa shape index (κ1) is 23.7. The van der Waals surface area contributed by atoms with Crippen molar-refractivity contribution in [3.05, 3.63) is 13.8 Å². The summed E-state index contributed by atoms with van der Waals surface area (Å²) in [6.07, 6.45) is 3.92. The molecule has 0 fully saturated rings. The molecule has 3 heteroatoms. The van der Waals surface area contributed by atoms with Gasteiger partial charge in [-0.2, -0.15) is 19.0 Å². The largest absolute Gasteiger partial charge is 0.396 e. The van der Waals surface area contributed by atoms with Crippen molar-refractivity contribution < 1.29 is 37.8 Å². The van der Waals surface area contributed by atoms with E-state index >= 15 is 0 Å². The molecule has 20 heavy (non-hydrogen) atoms. The van der Waals surface area contributed by atoms with Gasteiger partial charge < -0.3 is 19.0 Å². The fourth-order valence-corrected chi connectivity index (χ4v) is 3.53. The standard InChI is InChI=1S/C17H34OS.Y/c1-8-14(4)11-17(7,19)16(6,9-13(2)3)10-15(5)12-18;/h13-15,18-19H,1,6,8-12H2,2-5,7H3;/q-2;. The van der Waals surface area contributed by atoms with E-state index in [4.69, 9.17) is 12.6 Å². The van der Waals surface area contributed by atoms with Crippen LogP contribution in [0.3, 0.4) is 0 Å². The number of aliphatic hydroxyl groups excluding tert-OH is 1. The van der Waals surface area contributed by atoms with Crippen LogP contribution in [0.25, 0.3) is 0 Å². The summed E-state index contributed by atoms with van der Waals surface area (Å²) in [4.78, 5) is 0. The van der Waals surface area contributed by atoms with Crippen LogP contribution in [-0.2, 0) is 32.7 Å². The molecular formula is C17H34OSY-2. The van der Waals surface area contributed by atoms with Crippen molar-refractivity contribution in [3.63, 3.8) is 0 Å². The van der Waals surface area contributed by atoms with Crippen LogP contribution in [0.15, 0.2) is 0 Å². The summed E-state index contributed by atoms with van der Waals surface area (Å²) in [5, 5.41) is 9.36. The van der Waals surface area contributed by atoms with Crippen LogP contribution in [0.1, 0.15) is 60.3 Å². The molecule has 1 N–H and O–H groups in total. The quantitative estimate of drug-likeness (QED) is 0.438. The molecule has 0 spiro atoms. The fourth-order valence-electron chi connectivity index (χ4n) is 3.03. The van der Waals surface area contributed by atoms with E-state index < -0.39 is 0 Å². The normalized spacial score (nSPS) is 20.7. The minimum atomic E-state index is -0.127. The van der Waals surface area contributed by atoms with Crippen molar-refractivity contribution in [2.45, 2.75) is 65.0 Å². The summed E-state index contributed by atoms with van der Waals surface area (Å²) >= 11 is 4.98. The van der Waals surface area contributed by atoms with Gasteiger partial charge in [0.15, 0.2) is 0 Å². The number of hydrogen-bond acceptors (Lipinski definition) is 2. The van der Waals surface area contributed by atoms with Gasteiger partial charge in [-0.3, -0.25) is 0 Å². The molecule has 1 radical (unpaired) electrons. The first-order valence-electron chi connectivity index (χ1n) is 7.55. The van der Waals surface area contributed by atoms with E-state index in [-0.39, 0.29) is 55.4 Å². The van der Waals surface area contributed by atoms with Crippen LogP contribution in [0, 0.1) is 37.0 Å². The van der Waals surface area contributed by atoms with Gasteiger partial charge in [-0.15, -0.1) is 5.41 Å². The Bertz CT molecular complexity index is 255. The molecule has 0 saturated heterocycles. The van der Waals surface area contributed by atoms with E-state index in [1.807, 2.05) is 0 Å². The zero-order valence-corrected chi connectivity index (χ0v) is 17.9. The second kappa shape index (κ2) is 10.2. The first-order valence-corrected chi connectivity index (χ1v) is 8.00. The predicted octanol–water partition coefficient (Wildman–Crippen LogP) is 4.81. The molecule has 119 valence electrons. The molecule has 0 rings (SSSR count). The molecule has 0 aromatic heterocycles. The number of rotatable bonds is 9. The Morgan fingerprint density at radius 3 is 1.90 bits per heavy atom. The van der Waals surface area contributed by atoms with Gasteiger partial charge in [-0.05, 0) is 23.0 Å². The van der Waals surface area contributed by atoms with Gasteiger partial charge in [-0.1, -0.05) is 53.4 Å².